The Hall–Kier alpha value is -1.74. The Morgan fingerprint density at radius 1 is 1.29 bits per heavy atom. The molecular weight excluding hydrogens is 234 g/mol. The number of rotatable bonds is 4. The number of anilines is 2. The molecule has 3 N–H and O–H groups in total. The van der Waals surface area contributed by atoms with Gasteiger partial charge in [-0.15, -0.1) is 0 Å². The molecule has 3 nitrogen and oxygen atoms in total. The molecule has 0 bridgehead atoms. The minimum Gasteiger partial charge on any atom is -0.397 e. The Kier molecular flexibility index (Phi) is 3.83. The summed E-state index contributed by atoms with van der Waals surface area (Å²) in [6.07, 6.45) is 4.55. The van der Waals surface area contributed by atoms with Gasteiger partial charge in [-0.1, -0.05) is 17.7 Å². The maximum Gasteiger partial charge on any atom is 0.0575 e. The lowest BCUT2D eigenvalue weighted by Gasteiger charge is -2.09. The lowest BCUT2D eigenvalue weighted by molar-refractivity contribution is 1.01. The first kappa shape index (κ1) is 11.7. The van der Waals surface area contributed by atoms with Gasteiger partial charge in [-0.2, -0.15) is 0 Å². The van der Waals surface area contributed by atoms with Crippen LogP contribution in [0.5, 0.6) is 0 Å². The Morgan fingerprint density at radius 3 is 2.88 bits per heavy atom. The first-order valence-corrected chi connectivity index (χ1v) is 5.81. The first-order chi connectivity index (χ1) is 8.25. The third kappa shape index (κ3) is 3.36. The molecule has 0 fully saturated rings. The zero-order valence-electron chi connectivity index (χ0n) is 9.36. The van der Waals surface area contributed by atoms with E-state index in [0.717, 1.165) is 18.7 Å². The van der Waals surface area contributed by atoms with E-state index in [-0.39, 0.29) is 0 Å². The van der Waals surface area contributed by atoms with Crippen LogP contribution in [0, 0.1) is 0 Å². The summed E-state index contributed by atoms with van der Waals surface area (Å²) in [6.45, 7) is 0.817. The van der Waals surface area contributed by atoms with Crippen LogP contribution in [0.4, 0.5) is 11.4 Å². The van der Waals surface area contributed by atoms with Crippen molar-refractivity contribution in [1.82, 2.24) is 4.98 Å². The van der Waals surface area contributed by atoms with Crippen LogP contribution < -0.4 is 11.1 Å². The van der Waals surface area contributed by atoms with Crippen molar-refractivity contribution in [2.24, 2.45) is 0 Å². The Labute approximate surface area is 106 Å². The number of nitrogens with two attached hydrogens (primary N) is 1. The molecule has 88 valence electrons. The van der Waals surface area contributed by atoms with E-state index in [1.54, 1.807) is 12.3 Å². The molecule has 0 radical (unpaired) electrons. The van der Waals surface area contributed by atoms with E-state index in [9.17, 15) is 0 Å². The molecule has 0 aliphatic heterocycles. The fraction of sp³-hybridized carbons (Fsp3) is 0.154. The van der Waals surface area contributed by atoms with Crippen molar-refractivity contribution in [2.75, 3.05) is 17.6 Å². The normalized spacial score (nSPS) is 10.2. The van der Waals surface area contributed by atoms with Crippen molar-refractivity contribution in [2.45, 2.75) is 6.42 Å². The molecule has 0 spiro atoms. The zero-order chi connectivity index (χ0) is 12.1. The molecule has 0 saturated heterocycles. The van der Waals surface area contributed by atoms with Gasteiger partial charge in [-0.25, -0.2) is 0 Å². The minimum absolute atomic E-state index is 0.653. The van der Waals surface area contributed by atoms with Crippen LogP contribution in [0.15, 0.2) is 42.7 Å². The smallest absolute Gasteiger partial charge is 0.0575 e. The molecular formula is C13H14ClN3. The van der Waals surface area contributed by atoms with Gasteiger partial charge in [0.1, 0.15) is 0 Å². The number of benzene rings is 1. The molecule has 2 aromatic rings. The molecule has 0 unspecified atom stereocenters. The summed E-state index contributed by atoms with van der Waals surface area (Å²) in [5.41, 5.74) is 8.63. The van der Waals surface area contributed by atoms with Gasteiger partial charge < -0.3 is 11.1 Å². The number of pyridine rings is 1. The maximum atomic E-state index is 5.84. The number of nitrogens with zero attached hydrogens (tertiary/aromatic N) is 1. The van der Waals surface area contributed by atoms with Gasteiger partial charge >= 0.3 is 0 Å². The van der Waals surface area contributed by atoms with Crippen LogP contribution in [0.3, 0.4) is 0 Å². The summed E-state index contributed by atoms with van der Waals surface area (Å²) in [5.74, 6) is 0. The molecule has 4 heteroatoms. The van der Waals surface area contributed by atoms with E-state index in [1.807, 2.05) is 24.4 Å². The predicted molar refractivity (Wildman–Crippen MR) is 72.3 cm³/mol. The van der Waals surface area contributed by atoms with E-state index < -0.39 is 0 Å². The molecule has 0 aliphatic rings. The highest BCUT2D eigenvalue weighted by atomic mass is 35.5. The second kappa shape index (κ2) is 5.55. The molecule has 0 amide bonds. The largest absolute Gasteiger partial charge is 0.397 e. The molecule has 2 rings (SSSR count). The number of aromatic nitrogens is 1. The lowest BCUT2D eigenvalue weighted by Crippen LogP contribution is -2.06. The van der Waals surface area contributed by atoms with E-state index >= 15 is 0 Å². The van der Waals surface area contributed by atoms with Crippen molar-refractivity contribution in [3.05, 3.63) is 53.3 Å². The van der Waals surface area contributed by atoms with Crippen molar-refractivity contribution < 1.29 is 0 Å². The summed E-state index contributed by atoms with van der Waals surface area (Å²) in [5, 5.41) is 3.93. The van der Waals surface area contributed by atoms with Crippen LogP contribution in [-0.2, 0) is 6.42 Å². The first-order valence-electron chi connectivity index (χ1n) is 5.43. The van der Waals surface area contributed by atoms with Crippen LogP contribution in [-0.4, -0.2) is 11.5 Å². The predicted octanol–water partition coefficient (Wildman–Crippen LogP) is 2.97. The van der Waals surface area contributed by atoms with E-state index in [1.165, 1.54) is 5.56 Å². The third-order valence-corrected chi connectivity index (χ3v) is 2.70. The summed E-state index contributed by atoms with van der Waals surface area (Å²) >= 11 is 5.83. The number of halogens is 1. The maximum absolute atomic E-state index is 5.84. The molecule has 1 aromatic carbocycles. The van der Waals surface area contributed by atoms with Crippen molar-refractivity contribution in [3.8, 4) is 0 Å². The fourth-order valence-corrected chi connectivity index (χ4v) is 1.76. The van der Waals surface area contributed by atoms with Gasteiger partial charge in [-0.05, 0) is 36.2 Å². The monoisotopic (exact) mass is 247 g/mol. The molecule has 1 heterocycles. The van der Waals surface area contributed by atoms with E-state index in [4.69, 9.17) is 17.3 Å². The van der Waals surface area contributed by atoms with Crippen LogP contribution >= 0.6 is 11.6 Å². The van der Waals surface area contributed by atoms with Crippen LogP contribution in [0.1, 0.15) is 5.56 Å². The second-order valence-electron chi connectivity index (χ2n) is 3.77. The molecule has 17 heavy (non-hydrogen) atoms. The second-order valence-corrected chi connectivity index (χ2v) is 4.21. The van der Waals surface area contributed by atoms with E-state index in [0.29, 0.717) is 10.7 Å². The Bertz CT molecular complexity index is 485. The van der Waals surface area contributed by atoms with Gasteiger partial charge in [-0.3, -0.25) is 4.98 Å². The van der Waals surface area contributed by atoms with Crippen molar-refractivity contribution in [1.29, 1.82) is 0 Å². The zero-order valence-corrected chi connectivity index (χ0v) is 10.1. The summed E-state index contributed by atoms with van der Waals surface area (Å²) < 4.78 is 0. The standard InChI is InChI=1S/C13H14ClN3/c14-11-3-4-13(12(15)8-11)17-7-5-10-2-1-6-16-9-10/h1-4,6,8-9,17H,5,7,15H2. The Morgan fingerprint density at radius 2 is 2.18 bits per heavy atom. The summed E-state index contributed by atoms with van der Waals surface area (Å²) in [6, 6.07) is 9.45. The molecule has 0 aliphatic carbocycles. The van der Waals surface area contributed by atoms with Gasteiger partial charge in [0.05, 0.1) is 11.4 Å². The lowest BCUT2D eigenvalue weighted by atomic mass is 10.2. The fourth-order valence-electron chi connectivity index (χ4n) is 1.58. The van der Waals surface area contributed by atoms with E-state index in [2.05, 4.69) is 16.4 Å². The summed E-state index contributed by atoms with van der Waals surface area (Å²) in [4.78, 5) is 4.07. The third-order valence-electron chi connectivity index (χ3n) is 2.47. The quantitative estimate of drug-likeness (QED) is 0.817. The van der Waals surface area contributed by atoms with Crippen LogP contribution in [0.25, 0.3) is 0 Å². The average molecular weight is 248 g/mol. The number of hydrogen-bond donors (Lipinski definition) is 2. The average Bonchev–Trinajstić information content (AvgIpc) is 2.33. The minimum atomic E-state index is 0.653. The van der Waals surface area contributed by atoms with Gasteiger partial charge in [0.25, 0.3) is 0 Å². The SMILES string of the molecule is Nc1cc(Cl)ccc1NCCc1cccnc1. The van der Waals surface area contributed by atoms with Crippen molar-refractivity contribution >= 4 is 23.0 Å². The van der Waals surface area contributed by atoms with Gasteiger partial charge in [0.2, 0.25) is 0 Å². The highest BCUT2D eigenvalue weighted by molar-refractivity contribution is 6.31. The van der Waals surface area contributed by atoms with Crippen LogP contribution in [0.2, 0.25) is 5.02 Å². The molecule has 0 saturated carbocycles. The topological polar surface area (TPSA) is 50.9 Å². The number of hydrogen-bond acceptors (Lipinski definition) is 3. The number of nitrogen functional groups attached to an aromatic ring is 1. The van der Waals surface area contributed by atoms with Gasteiger partial charge in [0.15, 0.2) is 0 Å². The van der Waals surface area contributed by atoms with Gasteiger partial charge in [0, 0.05) is 24.0 Å². The highest BCUT2D eigenvalue weighted by Gasteiger charge is 1.99. The highest BCUT2D eigenvalue weighted by Crippen LogP contribution is 2.22. The van der Waals surface area contributed by atoms with Crippen molar-refractivity contribution in [3.63, 3.8) is 0 Å². The Balaban J connectivity index is 1.90. The molecule has 1 aromatic heterocycles. The number of nitrogens with one attached hydrogen (secondary N) is 1. The summed E-state index contributed by atoms with van der Waals surface area (Å²) in [7, 11) is 0. The molecule has 0 atom stereocenters.